The molecular weight excluding hydrogens is 553 g/mol. The van der Waals surface area contributed by atoms with E-state index in [2.05, 4.69) is 31.9 Å². The number of hydrogen-bond acceptors (Lipinski definition) is 3. The molecule has 2 heterocycles. The standard InChI is InChI=1S/C24H17Br2F3O3/c25-19-10-6-16(7-11-19)21-14-15-30-22(21,18-8-12-20(26)13-9-18)32-23(31-21,24(27,28)29)17-4-2-1-3-5-17/h1-13H,14-15H2/t21-,22+,23+/m1/s1. The molecule has 0 aromatic heterocycles. The first-order chi connectivity index (χ1) is 15.2. The van der Waals surface area contributed by atoms with Crippen molar-refractivity contribution >= 4 is 31.9 Å². The van der Waals surface area contributed by atoms with Gasteiger partial charge in [0.2, 0.25) is 5.79 Å². The lowest BCUT2D eigenvalue weighted by Crippen LogP contribution is -2.45. The molecule has 2 aliphatic rings. The summed E-state index contributed by atoms with van der Waals surface area (Å²) in [7, 11) is 0. The topological polar surface area (TPSA) is 27.7 Å². The Bertz CT molecular complexity index is 1060. The molecule has 0 spiro atoms. The third-order valence-electron chi connectivity index (χ3n) is 5.96. The maximum absolute atomic E-state index is 14.8. The Labute approximate surface area is 199 Å². The highest BCUT2D eigenvalue weighted by Gasteiger charge is 2.78. The largest absolute Gasteiger partial charge is 0.448 e. The van der Waals surface area contributed by atoms with Crippen LogP contribution < -0.4 is 0 Å². The molecule has 3 nitrogen and oxygen atoms in total. The maximum Gasteiger partial charge on any atom is 0.448 e. The first-order valence-corrected chi connectivity index (χ1v) is 11.5. The van der Waals surface area contributed by atoms with E-state index in [0.29, 0.717) is 11.1 Å². The van der Waals surface area contributed by atoms with E-state index in [4.69, 9.17) is 14.2 Å². The highest BCUT2D eigenvalue weighted by atomic mass is 79.9. The summed E-state index contributed by atoms with van der Waals surface area (Å²) >= 11 is 6.78. The Kier molecular flexibility index (Phi) is 5.30. The summed E-state index contributed by atoms with van der Waals surface area (Å²) in [4.78, 5) is 0. The highest BCUT2D eigenvalue weighted by Crippen LogP contribution is 2.67. The molecule has 0 amide bonds. The molecule has 0 radical (unpaired) electrons. The van der Waals surface area contributed by atoms with Crippen LogP contribution in [0.3, 0.4) is 0 Å². The summed E-state index contributed by atoms with van der Waals surface area (Å²) in [5.41, 5.74) is -0.669. The van der Waals surface area contributed by atoms with Gasteiger partial charge in [0.05, 0.1) is 6.61 Å². The van der Waals surface area contributed by atoms with Crippen LogP contribution in [-0.2, 0) is 31.4 Å². The average molecular weight is 570 g/mol. The summed E-state index contributed by atoms with van der Waals surface area (Å²) in [6.07, 6.45) is -4.68. The molecule has 0 unspecified atom stereocenters. The molecule has 0 bridgehead atoms. The third kappa shape index (κ3) is 3.11. The molecule has 0 N–H and O–H groups in total. The summed E-state index contributed by atoms with van der Waals surface area (Å²) in [6.45, 7) is 0.175. The quantitative estimate of drug-likeness (QED) is 0.335. The number of alkyl halides is 3. The van der Waals surface area contributed by atoms with Crippen LogP contribution in [0.1, 0.15) is 23.1 Å². The lowest BCUT2D eigenvalue weighted by atomic mass is 9.81. The van der Waals surface area contributed by atoms with Crippen molar-refractivity contribution in [3.05, 3.63) is 104 Å². The Balaban J connectivity index is 1.79. The van der Waals surface area contributed by atoms with Crippen molar-refractivity contribution in [2.24, 2.45) is 0 Å². The first-order valence-electron chi connectivity index (χ1n) is 9.91. The number of ether oxygens (including phenoxy) is 3. The van der Waals surface area contributed by atoms with Crippen molar-refractivity contribution in [3.63, 3.8) is 0 Å². The molecule has 2 aliphatic heterocycles. The van der Waals surface area contributed by atoms with Gasteiger partial charge in [-0.15, -0.1) is 0 Å². The van der Waals surface area contributed by atoms with Crippen molar-refractivity contribution < 1.29 is 27.4 Å². The molecule has 5 rings (SSSR count). The smallest absolute Gasteiger partial charge is 0.343 e. The molecule has 2 saturated heterocycles. The summed E-state index contributed by atoms with van der Waals surface area (Å²) in [5, 5.41) is 0. The second-order valence-corrected chi connectivity index (χ2v) is 9.57. The fraction of sp³-hybridized carbons (Fsp3) is 0.250. The van der Waals surface area contributed by atoms with E-state index in [-0.39, 0.29) is 18.6 Å². The van der Waals surface area contributed by atoms with Crippen LogP contribution in [0.2, 0.25) is 0 Å². The molecule has 0 saturated carbocycles. The minimum Gasteiger partial charge on any atom is -0.343 e. The highest BCUT2D eigenvalue weighted by molar-refractivity contribution is 9.10. The molecule has 8 heteroatoms. The van der Waals surface area contributed by atoms with Crippen molar-refractivity contribution in [1.29, 1.82) is 0 Å². The normalized spacial score (nSPS) is 29.8. The van der Waals surface area contributed by atoms with E-state index in [1.165, 1.54) is 24.3 Å². The van der Waals surface area contributed by atoms with E-state index in [9.17, 15) is 13.2 Å². The van der Waals surface area contributed by atoms with Crippen molar-refractivity contribution in [1.82, 2.24) is 0 Å². The third-order valence-corrected chi connectivity index (χ3v) is 7.02. The summed E-state index contributed by atoms with van der Waals surface area (Å²) in [5.74, 6) is -4.80. The number of rotatable bonds is 3. The number of benzene rings is 3. The number of hydrogen-bond donors (Lipinski definition) is 0. The maximum atomic E-state index is 14.8. The van der Waals surface area contributed by atoms with Gasteiger partial charge in [0.25, 0.3) is 5.79 Å². The van der Waals surface area contributed by atoms with E-state index in [1.807, 2.05) is 0 Å². The van der Waals surface area contributed by atoms with E-state index < -0.39 is 23.4 Å². The Hall–Kier alpha value is -1.71. The van der Waals surface area contributed by atoms with Gasteiger partial charge < -0.3 is 9.47 Å². The monoisotopic (exact) mass is 568 g/mol. The van der Waals surface area contributed by atoms with Gasteiger partial charge in [-0.2, -0.15) is 13.2 Å². The van der Waals surface area contributed by atoms with Crippen molar-refractivity contribution in [2.45, 2.75) is 29.8 Å². The van der Waals surface area contributed by atoms with Gasteiger partial charge >= 0.3 is 6.18 Å². The van der Waals surface area contributed by atoms with Gasteiger partial charge in [-0.1, -0.05) is 86.5 Å². The summed E-state index contributed by atoms with van der Waals surface area (Å²) < 4.78 is 64.2. The van der Waals surface area contributed by atoms with Gasteiger partial charge in [0.1, 0.15) is 0 Å². The van der Waals surface area contributed by atoms with Crippen LogP contribution >= 0.6 is 31.9 Å². The molecular formula is C24H17Br2F3O3. The van der Waals surface area contributed by atoms with Crippen LogP contribution in [0.15, 0.2) is 87.8 Å². The molecule has 3 aromatic carbocycles. The van der Waals surface area contributed by atoms with Crippen LogP contribution in [0, 0.1) is 0 Å². The predicted octanol–water partition coefficient (Wildman–Crippen LogP) is 7.14. The second-order valence-electron chi connectivity index (χ2n) is 7.74. The predicted molar refractivity (Wildman–Crippen MR) is 119 cm³/mol. The van der Waals surface area contributed by atoms with Gasteiger partial charge in [-0.05, 0) is 29.8 Å². The van der Waals surface area contributed by atoms with Crippen molar-refractivity contribution in [3.8, 4) is 0 Å². The Morgan fingerprint density at radius 3 is 1.81 bits per heavy atom. The molecule has 32 heavy (non-hydrogen) atoms. The number of halogens is 5. The minimum absolute atomic E-state index is 0.140. The fourth-order valence-electron chi connectivity index (χ4n) is 4.53. The summed E-state index contributed by atoms with van der Waals surface area (Å²) in [6, 6.07) is 21.4. The molecule has 166 valence electrons. The second kappa shape index (κ2) is 7.67. The average Bonchev–Trinajstić information content (AvgIpc) is 3.28. The zero-order valence-electron chi connectivity index (χ0n) is 16.5. The fourth-order valence-corrected chi connectivity index (χ4v) is 5.06. The van der Waals surface area contributed by atoms with E-state index in [1.54, 1.807) is 54.6 Å². The van der Waals surface area contributed by atoms with Gasteiger partial charge in [0.15, 0.2) is 5.60 Å². The minimum atomic E-state index is -4.87. The lowest BCUT2D eigenvalue weighted by molar-refractivity contribution is -0.389. The first kappa shape index (κ1) is 22.1. The number of fused-ring (bicyclic) bond motifs is 1. The lowest BCUT2D eigenvalue weighted by Gasteiger charge is -2.36. The van der Waals surface area contributed by atoms with Gasteiger partial charge in [-0.25, -0.2) is 0 Å². The van der Waals surface area contributed by atoms with Gasteiger partial charge in [-0.3, -0.25) is 4.74 Å². The zero-order valence-corrected chi connectivity index (χ0v) is 19.7. The SMILES string of the molecule is FC(F)(F)[C@]1(c2ccccc2)O[C@]2(c3ccc(Br)cc3)OCC[C@]2(c2ccc(Br)cc2)O1. The molecule has 3 atom stereocenters. The molecule has 2 fully saturated rings. The Morgan fingerprint density at radius 1 is 0.688 bits per heavy atom. The van der Waals surface area contributed by atoms with E-state index in [0.717, 1.165) is 8.95 Å². The molecule has 0 aliphatic carbocycles. The van der Waals surface area contributed by atoms with E-state index >= 15 is 0 Å². The zero-order chi connectivity index (χ0) is 22.6. The van der Waals surface area contributed by atoms with Crippen LogP contribution in [0.4, 0.5) is 13.2 Å². The van der Waals surface area contributed by atoms with Crippen LogP contribution in [0.25, 0.3) is 0 Å². The van der Waals surface area contributed by atoms with Crippen LogP contribution in [-0.4, -0.2) is 12.8 Å². The van der Waals surface area contributed by atoms with Gasteiger partial charge in [0, 0.05) is 26.5 Å². The Morgan fingerprint density at radius 2 is 1.25 bits per heavy atom. The molecule has 3 aromatic rings. The van der Waals surface area contributed by atoms with Crippen LogP contribution in [0.5, 0.6) is 0 Å². The van der Waals surface area contributed by atoms with Crippen molar-refractivity contribution in [2.75, 3.05) is 6.61 Å².